The van der Waals surface area contributed by atoms with Crippen LogP contribution < -0.4 is 10.9 Å². The minimum absolute atomic E-state index is 0.0322. The molecule has 0 radical (unpaired) electrons. The number of benzene rings is 1. The largest absolute Gasteiger partial charge is 0.448 e. The molecule has 0 unspecified atom stereocenters. The molecule has 0 spiro atoms. The highest BCUT2D eigenvalue weighted by Gasteiger charge is 2.53. The second kappa shape index (κ2) is 6.43. The van der Waals surface area contributed by atoms with Crippen molar-refractivity contribution >= 4 is 28.0 Å². The third-order valence-corrected chi connectivity index (χ3v) is 8.05. The Bertz CT molecular complexity index is 1170. The van der Waals surface area contributed by atoms with Gasteiger partial charge in [-0.2, -0.15) is 0 Å². The Hall–Kier alpha value is -2.63. The van der Waals surface area contributed by atoms with Gasteiger partial charge in [-0.05, 0) is 80.8 Å². The highest BCUT2D eigenvalue weighted by molar-refractivity contribution is 6.01. The average molecular weight is 405 g/mol. The van der Waals surface area contributed by atoms with E-state index in [1.807, 2.05) is 24.3 Å². The Morgan fingerprint density at radius 1 is 1.20 bits per heavy atom. The molecule has 156 valence electrons. The lowest BCUT2D eigenvalue weighted by Crippen LogP contribution is -2.56. The maximum Gasteiger partial charge on any atom is 0.297 e. The molecule has 1 N–H and O–H groups in total. The van der Waals surface area contributed by atoms with Gasteiger partial charge in [-0.3, -0.25) is 14.2 Å². The molecule has 4 bridgehead atoms. The molecular weight excluding hydrogens is 378 g/mol. The number of aromatic nitrogens is 2. The van der Waals surface area contributed by atoms with Crippen LogP contribution in [0.15, 0.2) is 39.8 Å². The Morgan fingerprint density at radius 2 is 1.87 bits per heavy atom. The lowest BCUT2D eigenvalue weighted by Gasteiger charge is -2.59. The van der Waals surface area contributed by atoms with Crippen LogP contribution in [0, 0.1) is 23.2 Å². The number of amides is 1. The number of para-hydroxylation sites is 1. The molecular formula is C24H27N3O3. The number of fused-ring (bicyclic) bond motifs is 3. The first-order valence-corrected chi connectivity index (χ1v) is 11.2. The van der Waals surface area contributed by atoms with Gasteiger partial charge in [0.25, 0.3) is 5.56 Å². The Balaban J connectivity index is 1.22. The van der Waals surface area contributed by atoms with Crippen molar-refractivity contribution in [2.75, 3.05) is 0 Å². The van der Waals surface area contributed by atoms with Gasteiger partial charge in [0.2, 0.25) is 11.5 Å². The van der Waals surface area contributed by atoms with E-state index in [9.17, 15) is 9.59 Å². The summed E-state index contributed by atoms with van der Waals surface area (Å²) in [5, 5.41) is 4.05. The molecule has 6 heteroatoms. The minimum Gasteiger partial charge on any atom is -0.448 e. The van der Waals surface area contributed by atoms with Crippen LogP contribution in [0.1, 0.15) is 45.4 Å². The van der Waals surface area contributed by atoms with Crippen molar-refractivity contribution in [3.05, 3.63) is 40.9 Å². The Labute approximate surface area is 174 Å². The number of hydrogen-bond acceptors (Lipinski definition) is 4. The first-order chi connectivity index (χ1) is 14.5. The monoisotopic (exact) mass is 405 g/mol. The van der Waals surface area contributed by atoms with Gasteiger partial charge in [0, 0.05) is 11.4 Å². The van der Waals surface area contributed by atoms with E-state index in [0.717, 1.165) is 23.1 Å². The molecule has 4 fully saturated rings. The predicted molar refractivity (Wildman–Crippen MR) is 114 cm³/mol. The number of carbonyl (C=O) groups excluding carboxylic acids is 1. The maximum absolute atomic E-state index is 12.9. The zero-order valence-corrected chi connectivity index (χ0v) is 17.3. The summed E-state index contributed by atoms with van der Waals surface area (Å²) in [6, 6.07) is 7.60. The fraction of sp³-hybridized carbons (Fsp3) is 0.542. The third kappa shape index (κ3) is 2.72. The molecule has 2 aromatic heterocycles. The van der Waals surface area contributed by atoms with E-state index in [-0.39, 0.29) is 35.1 Å². The molecule has 0 saturated heterocycles. The standard InChI is InChI=1S/C24H27N3O3/c1-14(24-9-15-6-16(10-24)8-17(7-15)11-24)26-20(28)12-27-13-25-21-18-4-2-3-5-19(18)30-22(21)23(27)29/h2-5,13-17H,6-12H2,1H3,(H,26,28)/t14-,15?,16?,17?,24?/m0/s1. The number of hydrogen-bond donors (Lipinski definition) is 1. The molecule has 3 aromatic rings. The van der Waals surface area contributed by atoms with E-state index in [1.165, 1.54) is 49.4 Å². The number of nitrogens with one attached hydrogen (secondary N) is 1. The molecule has 1 amide bonds. The minimum atomic E-state index is -0.311. The Kier molecular flexibility index (Phi) is 3.89. The molecule has 2 heterocycles. The number of carbonyl (C=O) groups is 1. The maximum atomic E-state index is 12.9. The second-order valence-electron chi connectivity index (χ2n) is 10.0. The van der Waals surface area contributed by atoms with Gasteiger partial charge < -0.3 is 9.73 Å². The van der Waals surface area contributed by atoms with Crippen molar-refractivity contribution in [1.82, 2.24) is 14.9 Å². The van der Waals surface area contributed by atoms with Crippen molar-refractivity contribution in [1.29, 1.82) is 0 Å². The molecule has 4 saturated carbocycles. The predicted octanol–water partition coefficient (Wildman–Crippen LogP) is 3.86. The van der Waals surface area contributed by atoms with Crippen LogP contribution in [0.2, 0.25) is 0 Å². The fourth-order valence-corrected chi connectivity index (χ4v) is 7.03. The van der Waals surface area contributed by atoms with Crippen LogP contribution in [-0.2, 0) is 11.3 Å². The average Bonchev–Trinajstić information content (AvgIpc) is 3.08. The lowest BCUT2D eigenvalue weighted by atomic mass is 9.48. The second-order valence-corrected chi connectivity index (χ2v) is 10.0. The lowest BCUT2D eigenvalue weighted by molar-refractivity contribution is -0.126. The van der Waals surface area contributed by atoms with Gasteiger partial charge >= 0.3 is 0 Å². The van der Waals surface area contributed by atoms with E-state index in [0.29, 0.717) is 11.1 Å². The normalized spacial score (nSPS) is 30.8. The van der Waals surface area contributed by atoms with E-state index in [4.69, 9.17) is 4.42 Å². The summed E-state index contributed by atoms with van der Waals surface area (Å²) in [5.74, 6) is 2.41. The number of rotatable bonds is 4. The summed E-state index contributed by atoms with van der Waals surface area (Å²) < 4.78 is 7.08. The van der Waals surface area contributed by atoms with E-state index in [2.05, 4.69) is 17.2 Å². The van der Waals surface area contributed by atoms with Crippen LogP contribution in [0.25, 0.3) is 22.1 Å². The molecule has 4 aliphatic rings. The summed E-state index contributed by atoms with van der Waals surface area (Å²) in [4.78, 5) is 30.1. The van der Waals surface area contributed by atoms with Gasteiger partial charge in [0.1, 0.15) is 17.6 Å². The van der Waals surface area contributed by atoms with Gasteiger partial charge in [-0.1, -0.05) is 12.1 Å². The summed E-state index contributed by atoms with van der Waals surface area (Å²) in [5.41, 5.74) is 1.33. The van der Waals surface area contributed by atoms with Crippen LogP contribution in [-0.4, -0.2) is 21.5 Å². The third-order valence-electron chi connectivity index (χ3n) is 8.05. The molecule has 0 aliphatic heterocycles. The van der Waals surface area contributed by atoms with Gasteiger partial charge in [-0.15, -0.1) is 0 Å². The summed E-state index contributed by atoms with van der Waals surface area (Å²) in [6.45, 7) is 2.13. The molecule has 4 aliphatic carbocycles. The van der Waals surface area contributed by atoms with Gasteiger partial charge in [-0.25, -0.2) is 4.98 Å². The van der Waals surface area contributed by atoms with E-state index < -0.39 is 0 Å². The first kappa shape index (κ1) is 18.2. The topological polar surface area (TPSA) is 77.1 Å². The van der Waals surface area contributed by atoms with E-state index in [1.54, 1.807) is 0 Å². The highest BCUT2D eigenvalue weighted by atomic mass is 16.3. The number of furan rings is 1. The van der Waals surface area contributed by atoms with Crippen molar-refractivity contribution < 1.29 is 9.21 Å². The quantitative estimate of drug-likeness (QED) is 0.715. The van der Waals surface area contributed by atoms with Crippen LogP contribution in [0.4, 0.5) is 0 Å². The van der Waals surface area contributed by atoms with E-state index >= 15 is 0 Å². The van der Waals surface area contributed by atoms with Crippen LogP contribution >= 0.6 is 0 Å². The molecule has 1 atom stereocenters. The molecule has 7 rings (SSSR count). The summed E-state index contributed by atoms with van der Waals surface area (Å²) in [7, 11) is 0. The van der Waals surface area contributed by atoms with Crippen molar-refractivity contribution in [2.45, 2.75) is 58.0 Å². The van der Waals surface area contributed by atoms with Crippen LogP contribution in [0.5, 0.6) is 0 Å². The zero-order valence-electron chi connectivity index (χ0n) is 17.3. The van der Waals surface area contributed by atoms with Crippen molar-refractivity contribution in [2.24, 2.45) is 23.2 Å². The highest BCUT2D eigenvalue weighted by Crippen LogP contribution is 2.61. The SMILES string of the molecule is C[C@H](NC(=O)Cn1cnc2c(oc3ccccc32)c1=O)C12CC3CC(CC(C3)C1)C2. The summed E-state index contributed by atoms with van der Waals surface area (Å²) in [6.07, 6.45) is 9.35. The smallest absolute Gasteiger partial charge is 0.297 e. The Morgan fingerprint density at radius 3 is 2.57 bits per heavy atom. The van der Waals surface area contributed by atoms with Crippen LogP contribution in [0.3, 0.4) is 0 Å². The fourth-order valence-electron chi connectivity index (χ4n) is 7.03. The van der Waals surface area contributed by atoms with Crippen molar-refractivity contribution in [3.8, 4) is 0 Å². The van der Waals surface area contributed by atoms with Gasteiger partial charge in [0.05, 0.1) is 6.33 Å². The van der Waals surface area contributed by atoms with Crippen molar-refractivity contribution in [3.63, 3.8) is 0 Å². The number of nitrogens with zero attached hydrogens (tertiary/aromatic N) is 2. The molecule has 6 nitrogen and oxygen atoms in total. The zero-order chi connectivity index (χ0) is 20.5. The molecule has 30 heavy (non-hydrogen) atoms. The summed E-state index contributed by atoms with van der Waals surface area (Å²) >= 11 is 0. The van der Waals surface area contributed by atoms with Gasteiger partial charge in [0.15, 0.2) is 0 Å². The molecule has 1 aromatic carbocycles. The first-order valence-electron chi connectivity index (χ1n) is 11.2.